The van der Waals surface area contributed by atoms with Gasteiger partial charge in [0.15, 0.2) is 0 Å². The number of aryl methyl sites for hydroxylation is 1. The van der Waals surface area contributed by atoms with Crippen LogP contribution < -0.4 is 0 Å². The van der Waals surface area contributed by atoms with Crippen LogP contribution in [0.2, 0.25) is 0 Å². The Kier molecular flexibility index (Phi) is 3.14. The van der Waals surface area contributed by atoms with Crippen molar-refractivity contribution < 1.29 is 0 Å². The summed E-state index contributed by atoms with van der Waals surface area (Å²) in [6.45, 7) is 6.52. The average Bonchev–Trinajstić information content (AvgIpc) is 2.03. The van der Waals surface area contributed by atoms with Crippen LogP contribution in [-0.2, 0) is 6.42 Å². The highest BCUT2D eigenvalue weighted by Crippen LogP contribution is 2.13. The first-order valence-corrected chi connectivity index (χ1v) is 4.69. The number of hydrogen-bond donors (Lipinski definition) is 0. The maximum atomic E-state index is 5.35. The van der Waals surface area contributed by atoms with Gasteiger partial charge in [-0.2, -0.15) is 0 Å². The van der Waals surface area contributed by atoms with Gasteiger partial charge in [-0.1, -0.05) is 31.9 Å². The minimum absolute atomic E-state index is 0.705. The fourth-order valence-corrected chi connectivity index (χ4v) is 1.49. The molecule has 0 saturated heterocycles. The van der Waals surface area contributed by atoms with Gasteiger partial charge in [-0.15, -0.1) is 6.42 Å². The fraction of sp³-hybridized carbons (Fsp3) is 0.385. The van der Waals surface area contributed by atoms with Crippen LogP contribution in [0.4, 0.5) is 0 Å². The Hall–Kier alpha value is -1.22. The molecule has 0 spiro atoms. The Morgan fingerprint density at radius 1 is 1.38 bits per heavy atom. The molecule has 13 heavy (non-hydrogen) atoms. The van der Waals surface area contributed by atoms with E-state index in [1.54, 1.807) is 0 Å². The van der Waals surface area contributed by atoms with E-state index in [2.05, 4.69) is 38.8 Å². The summed E-state index contributed by atoms with van der Waals surface area (Å²) in [6, 6.07) is 6.35. The van der Waals surface area contributed by atoms with Crippen molar-refractivity contribution in [2.75, 3.05) is 0 Å². The molecule has 0 N–H and O–H groups in total. The van der Waals surface area contributed by atoms with Crippen molar-refractivity contribution in [3.05, 3.63) is 34.9 Å². The number of benzene rings is 1. The summed E-state index contributed by atoms with van der Waals surface area (Å²) in [6.07, 6.45) is 6.48. The molecule has 0 aliphatic carbocycles. The summed E-state index contributed by atoms with van der Waals surface area (Å²) in [7, 11) is 0. The third-order valence-corrected chi connectivity index (χ3v) is 2.09. The summed E-state index contributed by atoms with van der Waals surface area (Å²) in [5.74, 6) is 3.38. The molecule has 0 heterocycles. The second kappa shape index (κ2) is 4.14. The van der Waals surface area contributed by atoms with Crippen molar-refractivity contribution in [1.82, 2.24) is 0 Å². The van der Waals surface area contributed by atoms with Crippen molar-refractivity contribution in [2.45, 2.75) is 27.2 Å². The molecule has 0 radical (unpaired) electrons. The summed E-state index contributed by atoms with van der Waals surface area (Å²) in [4.78, 5) is 0. The van der Waals surface area contributed by atoms with Gasteiger partial charge in [0.25, 0.3) is 0 Å². The van der Waals surface area contributed by atoms with Crippen LogP contribution in [-0.4, -0.2) is 0 Å². The Labute approximate surface area is 81.0 Å². The molecule has 68 valence electrons. The zero-order chi connectivity index (χ0) is 9.84. The van der Waals surface area contributed by atoms with E-state index >= 15 is 0 Å². The monoisotopic (exact) mass is 172 g/mol. The predicted molar refractivity (Wildman–Crippen MR) is 57.7 cm³/mol. The molecule has 0 fully saturated rings. The SMILES string of the molecule is C#Cc1ccc(CC(C)C)cc1C. The smallest absolute Gasteiger partial charge is 0.0271 e. The maximum absolute atomic E-state index is 5.35. The van der Waals surface area contributed by atoms with E-state index in [0.717, 1.165) is 12.0 Å². The molecule has 0 aliphatic rings. The first-order valence-electron chi connectivity index (χ1n) is 4.69. The lowest BCUT2D eigenvalue weighted by Gasteiger charge is -2.06. The molecule has 0 amide bonds. The molecule has 0 unspecified atom stereocenters. The van der Waals surface area contributed by atoms with Gasteiger partial charge in [-0.3, -0.25) is 0 Å². The van der Waals surface area contributed by atoms with Crippen LogP contribution >= 0.6 is 0 Å². The zero-order valence-corrected chi connectivity index (χ0v) is 8.59. The first-order chi connectivity index (χ1) is 6.13. The van der Waals surface area contributed by atoms with Gasteiger partial charge in [0, 0.05) is 5.56 Å². The zero-order valence-electron chi connectivity index (χ0n) is 8.59. The van der Waals surface area contributed by atoms with Gasteiger partial charge < -0.3 is 0 Å². The second-order valence-electron chi connectivity index (χ2n) is 3.89. The molecular formula is C13H16. The second-order valence-corrected chi connectivity index (χ2v) is 3.89. The Balaban J connectivity index is 2.91. The quantitative estimate of drug-likeness (QED) is 0.601. The van der Waals surface area contributed by atoms with Crippen molar-refractivity contribution in [2.24, 2.45) is 5.92 Å². The van der Waals surface area contributed by atoms with Crippen LogP contribution in [0.3, 0.4) is 0 Å². The van der Waals surface area contributed by atoms with Crippen LogP contribution in [0.25, 0.3) is 0 Å². The summed E-state index contributed by atoms with van der Waals surface area (Å²) < 4.78 is 0. The minimum atomic E-state index is 0.705. The highest BCUT2D eigenvalue weighted by Gasteiger charge is 2.00. The van der Waals surface area contributed by atoms with Gasteiger partial charge in [-0.05, 0) is 36.5 Å². The summed E-state index contributed by atoms with van der Waals surface area (Å²) in [5.41, 5.74) is 3.60. The van der Waals surface area contributed by atoms with Crippen LogP contribution in [0.5, 0.6) is 0 Å². The summed E-state index contributed by atoms with van der Waals surface area (Å²) in [5, 5.41) is 0. The Bertz CT molecular complexity index is 326. The van der Waals surface area contributed by atoms with E-state index in [-0.39, 0.29) is 0 Å². The lowest BCUT2D eigenvalue weighted by molar-refractivity contribution is 0.647. The van der Waals surface area contributed by atoms with Gasteiger partial charge in [-0.25, -0.2) is 0 Å². The molecule has 0 bridgehead atoms. The normalized spacial score (nSPS) is 10.1. The lowest BCUT2D eigenvalue weighted by atomic mass is 9.99. The van der Waals surface area contributed by atoms with Gasteiger partial charge >= 0.3 is 0 Å². The molecular weight excluding hydrogens is 156 g/mol. The van der Waals surface area contributed by atoms with E-state index in [9.17, 15) is 0 Å². The molecule has 0 atom stereocenters. The molecule has 0 aliphatic heterocycles. The fourth-order valence-electron chi connectivity index (χ4n) is 1.49. The van der Waals surface area contributed by atoms with Crippen molar-refractivity contribution in [3.63, 3.8) is 0 Å². The standard InChI is InChI=1S/C13H16/c1-5-13-7-6-12(8-10(2)3)9-11(13)4/h1,6-7,9-10H,8H2,2-4H3. The molecule has 1 aromatic rings. The molecule has 0 aromatic heterocycles. The Morgan fingerprint density at radius 3 is 2.54 bits per heavy atom. The predicted octanol–water partition coefficient (Wildman–Crippen LogP) is 3.17. The van der Waals surface area contributed by atoms with Crippen LogP contribution in [0, 0.1) is 25.2 Å². The molecule has 0 nitrogen and oxygen atoms in total. The van der Waals surface area contributed by atoms with Gasteiger partial charge in [0.2, 0.25) is 0 Å². The van der Waals surface area contributed by atoms with E-state index in [1.165, 1.54) is 11.1 Å². The van der Waals surface area contributed by atoms with E-state index < -0.39 is 0 Å². The molecule has 0 saturated carbocycles. The third-order valence-electron chi connectivity index (χ3n) is 2.09. The molecule has 0 heteroatoms. The highest BCUT2D eigenvalue weighted by molar-refractivity contribution is 5.41. The molecule has 1 aromatic carbocycles. The van der Waals surface area contributed by atoms with Crippen molar-refractivity contribution in [1.29, 1.82) is 0 Å². The van der Waals surface area contributed by atoms with E-state index in [1.807, 2.05) is 6.07 Å². The van der Waals surface area contributed by atoms with E-state index in [0.29, 0.717) is 5.92 Å². The largest absolute Gasteiger partial charge is 0.115 e. The summed E-state index contributed by atoms with van der Waals surface area (Å²) >= 11 is 0. The topological polar surface area (TPSA) is 0 Å². The van der Waals surface area contributed by atoms with Crippen LogP contribution in [0.15, 0.2) is 18.2 Å². The van der Waals surface area contributed by atoms with Crippen molar-refractivity contribution in [3.8, 4) is 12.3 Å². The van der Waals surface area contributed by atoms with Crippen LogP contribution in [0.1, 0.15) is 30.5 Å². The average molecular weight is 172 g/mol. The van der Waals surface area contributed by atoms with E-state index in [4.69, 9.17) is 6.42 Å². The number of terminal acetylenes is 1. The van der Waals surface area contributed by atoms with Gasteiger partial charge in [0.1, 0.15) is 0 Å². The maximum Gasteiger partial charge on any atom is 0.0271 e. The van der Waals surface area contributed by atoms with Gasteiger partial charge in [0.05, 0.1) is 0 Å². The number of hydrogen-bond acceptors (Lipinski definition) is 0. The highest BCUT2D eigenvalue weighted by atomic mass is 14.0. The Morgan fingerprint density at radius 2 is 2.08 bits per heavy atom. The lowest BCUT2D eigenvalue weighted by Crippen LogP contribution is -1.95. The third kappa shape index (κ3) is 2.63. The van der Waals surface area contributed by atoms with Crippen molar-refractivity contribution >= 4 is 0 Å². The minimum Gasteiger partial charge on any atom is -0.115 e. The first kappa shape index (κ1) is 9.86. The molecule has 1 rings (SSSR count). The number of rotatable bonds is 2.